The standard InChI is InChI=1S/C9H13N3O/c1-9(2,3)8(13)4-5-12-7-10-6-11-12/h4-7H,1-3H3/b5-4+. The highest BCUT2D eigenvalue weighted by molar-refractivity contribution is 5.95. The van der Waals surface area contributed by atoms with Gasteiger partial charge in [-0.05, 0) is 0 Å². The van der Waals surface area contributed by atoms with E-state index in [1.165, 1.54) is 23.4 Å². The zero-order valence-electron chi connectivity index (χ0n) is 8.06. The van der Waals surface area contributed by atoms with Gasteiger partial charge in [0.05, 0.1) is 0 Å². The van der Waals surface area contributed by atoms with Gasteiger partial charge in [-0.15, -0.1) is 0 Å². The number of hydrogen-bond acceptors (Lipinski definition) is 3. The molecule has 1 rings (SSSR count). The van der Waals surface area contributed by atoms with Crippen LogP contribution in [0.1, 0.15) is 20.8 Å². The maximum Gasteiger partial charge on any atom is 0.162 e. The minimum atomic E-state index is -0.336. The Morgan fingerprint density at radius 1 is 1.46 bits per heavy atom. The third-order valence-electron chi connectivity index (χ3n) is 1.55. The van der Waals surface area contributed by atoms with Crippen LogP contribution in [0.15, 0.2) is 18.7 Å². The predicted molar refractivity (Wildman–Crippen MR) is 49.8 cm³/mol. The van der Waals surface area contributed by atoms with E-state index in [4.69, 9.17) is 0 Å². The van der Waals surface area contributed by atoms with E-state index in [1.54, 1.807) is 6.20 Å². The first-order valence-corrected chi connectivity index (χ1v) is 4.07. The molecule has 1 aromatic heterocycles. The van der Waals surface area contributed by atoms with E-state index >= 15 is 0 Å². The second-order valence-corrected chi connectivity index (χ2v) is 3.81. The zero-order chi connectivity index (χ0) is 9.90. The van der Waals surface area contributed by atoms with Crippen LogP contribution in [0.2, 0.25) is 0 Å². The van der Waals surface area contributed by atoms with Crippen molar-refractivity contribution < 1.29 is 4.79 Å². The molecular formula is C9H13N3O. The maximum absolute atomic E-state index is 11.4. The van der Waals surface area contributed by atoms with E-state index in [9.17, 15) is 4.79 Å². The quantitative estimate of drug-likeness (QED) is 0.644. The van der Waals surface area contributed by atoms with Gasteiger partial charge in [-0.2, -0.15) is 5.10 Å². The molecule has 0 bridgehead atoms. The third-order valence-corrected chi connectivity index (χ3v) is 1.55. The van der Waals surface area contributed by atoms with E-state index in [1.807, 2.05) is 20.8 Å². The van der Waals surface area contributed by atoms with Gasteiger partial charge in [0.25, 0.3) is 0 Å². The Labute approximate surface area is 77.3 Å². The van der Waals surface area contributed by atoms with Gasteiger partial charge in [0.1, 0.15) is 12.7 Å². The molecule has 0 fully saturated rings. The molecule has 1 aromatic rings. The van der Waals surface area contributed by atoms with Gasteiger partial charge >= 0.3 is 0 Å². The lowest BCUT2D eigenvalue weighted by molar-refractivity contribution is -0.121. The maximum atomic E-state index is 11.4. The molecule has 13 heavy (non-hydrogen) atoms. The first-order chi connectivity index (χ1) is 6.00. The summed E-state index contributed by atoms with van der Waals surface area (Å²) in [4.78, 5) is 15.2. The van der Waals surface area contributed by atoms with Crippen LogP contribution in [0, 0.1) is 5.41 Å². The minimum Gasteiger partial charge on any atom is -0.294 e. The molecule has 0 saturated heterocycles. The highest BCUT2D eigenvalue weighted by Gasteiger charge is 2.17. The van der Waals surface area contributed by atoms with Gasteiger partial charge < -0.3 is 0 Å². The molecule has 4 nitrogen and oxygen atoms in total. The SMILES string of the molecule is CC(C)(C)C(=O)/C=C/n1cncn1. The number of ketones is 1. The van der Waals surface area contributed by atoms with Crippen molar-refractivity contribution in [3.05, 3.63) is 18.7 Å². The summed E-state index contributed by atoms with van der Waals surface area (Å²) in [6.45, 7) is 5.63. The smallest absolute Gasteiger partial charge is 0.162 e. The molecule has 0 atom stereocenters. The van der Waals surface area contributed by atoms with Gasteiger partial charge in [0.2, 0.25) is 0 Å². The van der Waals surface area contributed by atoms with Crippen LogP contribution in [0.3, 0.4) is 0 Å². The zero-order valence-corrected chi connectivity index (χ0v) is 8.06. The summed E-state index contributed by atoms with van der Waals surface area (Å²) in [7, 11) is 0. The molecule has 1 heterocycles. The molecule has 0 spiro atoms. The highest BCUT2D eigenvalue weighted by atomic mass is 16.1. The average molecular weight is 179 g/mol. The Balaban J connectivity index is 2.65. The van der Waals surface area contributed by atoms with Crippen LogP contribution in [-0.2, 0) is 4.79 Å². The van der Waals surface area contributed by atoms with Gasteiger partial charge in [0, 0.05) is 17.7 Å². The molecule has 0 unspecified atom stereocenters. The predicted octanol–water partition coefficient (Wildman–Crippen LogP) is 1.36. The lowest BCUT2D eigenvalue weighted by Crippen LogP contribution is -2.17. The van der Waals surface area contributed by atoms with E-state index in [2.05, 4.69) is 10.1 Å². The van der Waals surface area contributed by atoms with Gasteiger partial charge in [-0.1, -0.05) is 20.8 Å². The van der Waals surface area contributed by atoms with Crippen LogP contribution >= 0.6 is 0 Å². The van der Waals surface area contributed by atoms with Crippen molar-refractivity contribution in [3.8, 4) is 0 Å². The Hall–Kier alpha value is -1.45. The Kier molecular flexibility index (Phi) is 2.60. The lowest BCUT2D eigenvalue weighted by atomic mass is 9.91. The Bertz CT molecular complexity index is 306. The van der Waals surface area contributed by atoms with Crippen molar-refractivity contribution >= 4 is 12.0 Å². The van der Waals surface area contributed by atoms with Crippen molar-refractivity contribution in [3.63, 3.8) is 0 Å². The summed E-state index contributed by atoms with van der Waals surface area (Å²) in [5, 5.41) is 3.84. The van der Waals surface area contributed by atoms with Crippen LogP contribution in [0.25, 0.3) is 6.20 Å². The Morgan fingerprint density at radius 3 is 2.62 bits per heavy atom. The van der Waals surface area contributed by atoms with E-state index < -0.39 is 0 Å². The highest BCUT2D eigenvalue weighted by Crippen LogP contribution is 2.14. The van der Waals surface area contributed by atoms with Crippen molar-refractivity contribution in [1.29, 1.82) is 0 Å². The van der Waals surface area contributed by atoms with Crippen LogP contribution in [0.4, 0.5) is 0 Å². The first-order valence-electron chi connectivity index (χ1n) is 4.07. The molecule has 0 aromatic carbocycles. The Morgan fingerprint density at radius 2 is 2.15 bits per heavy atom. The van der Waals surface area contributed by atoms with Crippen LogP contribution in [0.5, 0.6) is 0 Å². The summed E-state index contributed by atoms with van der Waals surface area (Å²) < 4.78 is 1.49. The molecule has 0 aliphatic rings. The normalized spacial score (nSPS) is 12.2. The van der Waals surface area contributed by atoms with Crippen molar-refractivity contribution in [2.45, 2.75) is 20.8 Å². The monoisotopic (exact) mass is 179 g/mol. The van der Waals surface area contributed by atoms with Crippen LogP contribution < -0.4 is 0 Å². The number of nitrogens with zero attached hydrogens (tertiary/aromatic N) is 3. The molecule has 0 aliphatic heterocycles. The second kappa shape index (κ2) is 3.51. The second-order valence-electron chi connectivity index (χ2n) is 3.81. The van der Waals surface area contributed by atoms with Crippen molar-refractivity contribution in [2.24, 2.45) is 5.41 Å². The summed E-state index contributed by atoms with van der Waals surface area (Å²) in [5.74, 6) is 0.0722. The minimum absolute atomic E-state index is 0.0722. The van der Waals surface area contributed by atoms with Crippen molar-refractivity contribution in [1.82, 2.24) is 14.8 Å². The molecule has 0 amide bonds. The number of allylic oxidation sites excluding steroid dienone is 1. The summed E-state index contributed by atoms with van der Waals surface area (Å²) in [6.07, 6.45) is 6.06. The van der Waals surface area contributed by atoms with Crippen LogP contribution in [-0.4, -0.2) is 20.5 Å². The molecule has 0 N–H and O–H groups in total. The molecule has 4 heteroatoms. The largest absolute Gasteiger partial charge is 0.294 e. The fourth-order valence-corrected chi connectivity index (χ4v) is 0.688. The first kappa shape index (κ1) is 9.64. The fraction of sp³-hybridized carbons (Fsp3) is 0.444. The third kappa shape index (κ3) is 2.82. The topological polar surface area (TPSA) is 47.8 Å². The molecule has 70 valence electrons. The van der Waals surface area contributed by atoms with Gasteiger partial charge in [-0.3, -0.25) is 4.79 Å². The number of aromatic nitrogens is 3. The number of rotatable bonds is 2. The number of hydrogen-bond donors (Lipinski definition) is 0. The summed E-state index contributed by atoms with van der Waals surface area (Å²) >= 11 is 0. The number of carbonyl (C=O) groups excluding carboxylic acids is 1. The molecule has 0 radical (unpaired) electrons. The lowest BCUT2D eigenvalue weighted by Gasteiger charge is -2.12. The van der Waals surface area contributed by atoms with E-state index in [0.717, 1.165) is 0 Å². The molecule has 0 aliphatic carbocycles. The molecular weight excluding hydrogens is 166 g/mol. The number of carbonyl (C=O) groups is 1. The summed E-state index contributed by atoms with van der Waals surface area (Å²) in [5.41, 5.74) is -0.336. The van der Waals surface area contributed by atoms with E-state index in [0.29, 0.717) is 0 Å². The fourth-order valence-electron chi connectivity index (χ4n) is 0.688. The average Bonchev–Trinajstić information content (AvgIpc) is 2.50. The van der Waals surface area contributed by atoms with Gasteiger partial charge in [0.15, 0.2) is 5.78 Å². The van der Waals surface area contributed by atoms with Gasteiger partial charge in [-0.25, -0.2) is 9.67 Å². The summed E-state index contributed by atoms with van der Waals surface area (Å²) in [6, 6.07) is 0. The molecule has 0 saturated carbocycles. The van der Waals surface area contributed by atoms with Crippen molar-refractivity contribution in [2.75, 3.05) is 0 Å². The van der Waals surface area contributed by atoms with E-state index in [-0.39, 0.29) is 11.2 Å².